The molecule has 0 amide bonds. The molecular formula is C35H32ClN5OS. The Labute approximate surface area is 261 Å². The van der Waals surface area contributed by atoms with Gasteiger partial charge in [-0.2, -0.15) is 5.26 Å². The maximum atomic E-state index is 9.88. The van der Waals surface area contributed by atoms with Crippen LogP contribution >= 0.6 is 23.4 Å². The molecular weight excluding hydrogens is 574 g/mol. The van der Waals surface area contributed by atoms with Gasteiger partial charge in [-0.05, 0) is 59.2 Å². The molecule has 5 aromatic rings. The first-order valence-corrected chi connectivity index (χ1v) is 15.6. The summed E-state index contributed by atoms with van der Waals surface area (Å²) in [4.78, 5) is 11.5. The van der Waals surface area contributed by atoms with E-state index in [2.05, 4.69) is 74.7 Å². The number of nitrogens with zero attached hydrogens (tertiary/aromatic N) is 4. The van der Waals surface area contributed by atoms with Gasteiger partial charge >= 0.3 is 0 Å². The van der Waals surface area contributed by atoms with Crippen LogP contribution in [0, 0.1) is 11.3 Å². The van der Waals surface area contributed by atoms with Gasteiger partial charge < -0.3 is 10.4 Å². The first-order chi connectivity index (χ1) is 21.1. The molecule has 1 fully saturated rings. The summed E-state index contributed by atoms with van der Waals surface area (Å²) in [5.41, 5.74) is 6.29. The summed E-state index contributed by atoms with van der Waals surface area (Å²) in [5, 5.41) is 24.1. The molecule has 0 spiro atoms. The van der Waals surface area contributed by atoms with E-state index in [4.69, 9.17) is 11.6 Å². The zero-order valence-electron chi connectivity index (χ0n) is 23.7. The van der Waals surface area contributed by atoms with Gasteiger partial charge in [-0.3, -0.25) is 14.8 Å². The lowest BCUT2D eigenvalue weighted by atomic mass is 10.00. The summed E-state index contributed by atoms with van der Waals surface area (Å²) in [6, 6.07) is 33.2. The number of aliphatic hydroxyl groups excluding tert-OH is 1. The molecule has 6 nitrogen and oxygen atoms in total. The zero-order valence-corrected chi connectivity index (χ0v) is 25.3. The topological polar surface area (TPSA) is 75.4 Å². The number of anilines is 2. The molecule has 1 aliphatic heterocycles. The standard InChI is InChI=1S/C35H32ClN5OS/c36-32-21-29(10-12-34(32)43-30-7-2-1-3-8-30)39-35-28(22-37)23-38-33-20-27(9-11-31(33)35)26-6-4-5-25(19-26)24-41-15-13-40(14-16-41)17-18-42/h1-12,19-21,23,42H,13-18,24H2,(H,38,39). The van der Waals surface area contributed by atoms with Gasteiger partial charge in [0.2, 0.25) is 0 Å². The number of piperazine rings is 1. The molecule has 1 aliphatic rings. The summed E-state index contributed by atoms with van der Waals surface area (Å²) in [6.45, 7) is 5.84. The van der Waals surface area contributed by atoms with Crippen LogP contribution in [0.5, 0.6) is 0 Å². The van der Waals surface area contributed by atoms with Crippen molar-refractivity contribution in [2.45, 2.75) is 16.3 Å². The van der Waals surface area contributed by atoms with E-state index >= 15 is 0 Å². The minimum Gasteiger partial charge on any atom is -0.395 e. The van der Waals surface area contributed by atoms with Gasteiger partial charge in [0.15, 0.2) is 0 Å². The molecule has 216 valence electrons. The van der Waals surface area contributed by atoms with Crippen molar-refractivity contribution in [3.63, 3.8) is 0 Å². The Morgan fingerprint density at radius 1 is 0.884 bits per heavy atom. The number of benzene rings is 4. The maximum absolute atomic E-state index is 9.88. The van der Waals surface area contributed by atoms with Gasteiger partial charge in [0.25, 0.3) is 0 Å². The first-order valence-electron chi connectivity index (χ1n) is 14.4. The third kappa shape index (κ3) is 7.02. The molecule has 0 radical (unpaired) electrons. The first kappa shape index (κ1) is 29.2. The smallest absolute Gasteiger partial charge is 0.103 e. The molecule has 2 heterocycles. The van der Waals surface area contributed by atoms with E-state index in [1.807, 2.05) is 42.5 Å². The average Bonchev–Trinajstić information content (AvgIpc) is 3.04. The highest BCUT2D eigenvalue weighted by molar-refractivity contribution is 7.99. The highest BCUT2D eigenvalue weighted by Crippen LogP contribution is 2.37. The van der Waals surface area contributed by atoms with Crippen LogP contribution < -0.4 is 5.32 Å². The second kappa shape index (κ2) is 13.6. The summed E-state index contributed by atoms with van der Waals surface area (Å²) < 4.78 is 0. The molecule has 0 atom stereocenters. The van der Waals surface area contributed by atoms with Gasteiger partial charge in [-0.1, -0.05) is 71.9 Å². The summed E-state index contributed by atoms with van der Waals surface area (Å²) in [7, 11) is 0. The van der Waals surface area contributed by atoms with Crippen LogP contribution in [-0.4, -0.2) is 59.2 Å². The number of fused-ring (bicyclic) bond motifs is 1. The average molecular weight is 606 g/mol. The van der Waals surface area contributed by atoms with Crippen molar-refractivity contribution in [2.75, 3.05) is 44.6 Å². The van der Waals surface area contributed by atoms with Crippen molar-refractivity contribution in [2.24, 2.45) is 0 Å². The third-order valence-electron chi connectivity index (χ3n) is 7.71. The number of hydrogen-bond acceptors (Lipinski definition) is 7. The molecule has 43 heavy (non-hydrogen) atoms. The minimum atomic E-state index is 0.216. The van der Waals surface area contributed by atoms with Crippen molar-refractivity contribution < 1.29 is 5.11 Å². The van der Waals surface area contributed by atoms with Crippen molar-refractivity contribution in [3.8, 4) is 17.2 Å². The van der Waals surface area contributed by atoms with E-state index in [1.54, 1.807) is 18.0 Å². The number of nitriles is 1. The van der Waals surface area contributed by atoms with Crippen LogP contribution in [0.4, 0.5) is 11.4 Å². The quantitative estimate of drug-likeness (QED) is 0.181. The summed E-state index contributed by atoms with van der Waals surface area (Å²) in [6.07, 6.45) is 1.63. The minimum absolute atomic E-state index is 0.216. The molecule has 0 bridgehead atoms. The van der Waals surface area contributed by atoms with Crippen LogP contribution in [0.3, 0.4) is 0 Å². The lowest BCUT2D eigenvalue weighted by Crippen LogP contribution is -2.46. The van der Waals surface area contributed by atoms with E-state index in [0.717, 1.165) is 76.8 Å². The highest BCUT2D eigenvalue weighted by atomic mass is 35.5. The van der Waals surface area contributed by atoms with E-state index in [0.29, 0.717) is 16.3 Å². The molecule has 0 saturated carbocycles. The molecule has 1 aromatic heterocycles. The van der Waals surface area contributed by atoms with Gasteiger partial charge in [-0.15, -0.1) is 0 Å². The van der Waals surface area contributed by atoms with E-state index in [-0.39, 0.29) is 6.61 Å². The molecule has 2 N–H and O–H groups in total. The second-order valence-corrected chi connectivity index (χ2v) is 12.1. The summed E-state index contributed by atoms with van der Waals surface area (Å²) >= 11 is 8.28. The SMILES string of the molecule is N#Cc1cnc2cc(-c3cccc(CN4CCN(CCO)CC4)c3)ccc2c1Nc1ccc(Sc2ccccc2)c(Cl)c1. The van der Waals surface area contributed by atoms with Crippen LogP contribution in [-0.2, 0) is 6.54 Å². The van der Waals surface area contributed by atoms with Crippen LogP contribution in [0.1, 0.15) is 11.1 Å². The molecule has 6 rings (SSSR count). The fraction of sp³-hybridized carbons (Fsp3) is 0.200. The van der Waals surface area contributed by atoms with Gasteiger partial charge in [0.1, 0.15) is 6.07 Å². The Morgan fingerprint density at radius 3 is 2.44 bits per heavy atom. The number of nitrogens with one attached hydrogen (secondary N) is 1. The predicted molar refractivity (Wildman–Crippen MR) is 176 cm³/mol. The normalized spacial score (nSPS) is 14.1. The number of β-amino-alcohol motifs (C(OH)–C–C–N with tert-alkyl or cyclic N) is 1. The number of hydrogen-bond donors (Lipinski definition) is 2. The Kier molecular flexibility index (Phi) is 9.23. The Morgan fingerprint density at radius 2 is 1.67 bits per heavy atom. The van der Waals surface area contributed by atoms with Crippen molar-refractivity contribution in [1.29, 1.82) is 5.26 Å². The van der Waals surface area contributed by atoms with Crippen LogP contribution in [0.2, 0.25) is 5.02 Å². The van der Waals surface area contributed by atoms with E-state index in [1.165, 1.54) is 5.56 Å². The zero-order chi connectivity index (χ0) is 29.6. The Hall–Kier alpha value is -3.90. The number of pyridine rings is 1. The van der Waals surface area contributed by atoms with Crippen molar-refractivity contribution >= 4 is 45.6 Å². The highest BCUT2D eigenvalue weighted by Gasteiger charge is 2.17. The van der Waals surface area contributed by atoms with E-state index in [9.17, 15) is 10.4 Å². The molecule has 8 heteroatoms. The number of halogens is 1. The Balaban J connectivity index is 1.22. The molecule has 0 unspecified atom stereocenters. The number of rotatable bonds is 9. The third-order valence-corrected chi connectivity index (χ3v) is 9.22. The molecule has 1 saturated heterocycles. The largest absolute Gasteiger partial charge is 0.395 e. The summed E-state index contributed by atoms with van der Waals surface area (Å²) in [5.74, 6) is 0. The van der Waals surface area contributed by atoms with Crippen molar-refractivity contribution in [1.82, 2.24) is 14.8 Å². The Bertz CT molecular complexity index is 1770. The monoisotopic (exact) mass is 605 g/mol. The molecule has 4 aromatic carbocycles. The maximum Gasteiger partial charge on any atom is 0.103 e. The van der Waals surface area contributed by atoms with Gasteiger partial charge in [0, 0.05) is 66.3 Å². The number of aromatic nitrogens is 1. The van der Waals surface area contributed by atoms with Crippen LogP contribution in [0.15, 0.2) is 107 Å². The fourth-order valence-electron chi connectivity index (χ4n) is 5.43. The predicted octanol–water partition coefficient (Wildman–Crippen LogP) is 7.43. The second-order valence-electron chi connectivity index (χ2n) is 10.6. The lowest BCUT2D eigenvalue weighted by Gasteiger charge is -2.34. The van der Waals surface area contributed by atoms with Gasteiger partial charge in [0.05, 0.1) is 28.4 Å². The number of aliphatic hydroxyl groups is 1. The fourth-order valence-corrected chi connectivity index (χ4v) is 6.57. The lowest BCUT2D eigenvalue weighted by molar-refractivity contribution is 0.108. The molecule has 0 aliphatic carbocycles. The van der Waals surface area contributed by atoms with Crippen molar-refractivity contribution in [3.05, 3.63) is 113 Å². The van der Waals surface area contributed by atoms with Crippen LogP contribution in [0.25, 0.3) is 22.0 Å². The van der Waals surface area contributed by atoms with E-state index < -0.39 is 0 Å². The van der Waals surface area contributed by atoms with Gasteiger partial charge in [-0.25, -0.2) is 0 Å².